The van der Waals surface area contributed by atoms with Crippen LogP contribution in [-0.4, -0.2) is 36.8 Å². The topological polar surface area (TPSA) is 47.9 Å². The zero-order chi connectivity index (χ0) is 15.7. The zero-order valence-electron chi connectivity index (χ0n) is 13.5. The highest BCUT2D eigenvalue weighted by Crippen LogP contribution is 2.54. The molecule has 1 unspecified atom stereocenters. The van der Waals surface area contributed by atoms with Crippen molar-refractivity contribution in [3.05, 3.63) is 35.9 Å². The van der Waals surface area contributed by atoms with Crippen molar-refractivity contribution >= 4 is 0 Å². The van der Waals surface area contributed by atoms with E-state index in [4.69, 9.17) is 14.2 Å². The van der Waals surface area contributed by atoms with Crippen LogP contribution in [0.3, 0.4) is 0 Å². The normalized spacial score (nSPS) is 35.5. The molecule has 3 fully saturated rings. The highest BCUT2D eigenvalue weighted by molar-refractivity contribution is 5.13. The second-order valence-corrected chi connectivity index (χ2v) is 7.21. The summed E-state index contributed by atoms with van der Waals surface area (Å²) in [6.45, 7) is 2.66. The van der Waals surface area contributed by atoms with Gasteiger partial charge in [0.25, 0.3) is 0 Å². The first-order chi connectivity index (χ1) is 11.3. The van der Waals surface area contributed by atoms with Crippen molar-refractivity contribution < 1.29 is 19.3 Å². The van der Waals surface area contributed by atoms with Gasteiger partial charge in [-0.05, 0) is 36.7 Å². The summed E-state index contributed by atoms with van der Waals surface area (Å²) in [7, 11) is 0. The van der Waals surface area contributed by atoms with Crippen molar-refractivity contribution in [2.75, 3.05) is 19.8 Å². The Hall–Kier alpha value is -0.940. The Bertz CT molecular complexity index is 511. The van der Waals surface area contributed by atoms with Crippen LogP contribution < -0.4 is 0 Å². The highest BCUT2D eigenvalue weighted by atomic mass is 16.7. The Kier molecular flexibility index (Phi) is 4.41. The molecule has 1 N–H and O–H groups in total. The van der Waals surface area contributed by atoms with Gasteiger partial charge >= 0.3 is 0 Å². The molecule has 0 bridgehead atoms. The van der Waals surface area contributed by atoms with Gasteiger partial charge in [-0.3, -0.25) is 0 Å². The second kappa shape index (κ2) is 6.52. The Morgan fingerprint density at radius 3 is 2.70 bits per heavy atom. The number of rotatable bonds is 4. The SMILES string of the molecule is O[C@@H]1CC[C@H]2C(COCc3ccccc3)C3(C[C@@H]2C1)OCCO3. The van der Waals surface area contributed by atoms with Crippen LogP contribution in [-0.2, 0) is 20.8 Å². The Morgan fingerprint density at radius 2 is 1.91 bits per heavy atom. The Balaban J connectivity index is 1.43. The van der Waals surface area contributed by atoms with E-state index in [9.17, 15) is 5.11 Å². The van der Waals surface area contributed by atoms with Crippen LogP contribution in [0.2, 0.25) is 0 Å². The summed E-state index contributed by atoms with van der Waals surface area (Å²) in [6, 6.07) is 10.3. The van der Waals surface area contributed by atoms with Crippen LogP contribution in [0.4, 0.5) is 0 Å². The molecule has 0 radical (unpaired) electrons. The van der Waals surface area contributed by atoms with Crippen LogP contribution in [0.15, 0.2) is 30.3 Å². The van der Waals surface area contributed by atoms with Crippen LogP contribution in [0.25, 0.3) is 0 Å². The molecule has 4 heteroatoms. The fourth-order valence-corrected chi connectivity index (χ4v) is 4.80. The third-order valence-electron chi connectivity index (χ3n) is 5.83. The van der Waals surface area contributed by atoms with E-state index in [0.29, 0.717) is 38.3 Å². The average Bonchev–Trinajstić information content (AvgIpc) is 3.14. The van der Waals surface area contributed by atoms with E-state index >= 15 is 0 Å². The maximum atomic E-state index is 9.99. The monoisotopic (exact) mass is 318 g/mol. The quantitative estimate of drug-likeness (QED) is 0.927. The van der Waals surface area contributed by atoms with E-state index in [-0.39, 0.29) is 12.0 Å². The maximum absolute atomic E-state index is 9.99. The van der Waals surface area contributed by atoms with Crippen LogP contribution in [0.5, 0.6) is 0 Å². The third kappa shape index (κ3) is 3.05. The summed E-state index contributed by atoms with van der Waals surface area (Å²) in [5.74, 6) is 0.872. The molecule has 3 aliphatic rings. The van der Waals surface area contributed by atoms with Crippen molar-refractivity contribution in [2.45, 2.75) is 44.2 Å². The van der Waals surface area contributed by atoms with Crippen molar-refractivity contribution in [2.24, 2.45) is 17.8 Å². The minimum atomic E-state index is -0.462. The van der Waals surface area contributed by atoms with Gasteiger partial charge in [0.15, 0.2) is 5.79 Å². The fraction of sp³-hybridized carbons (Fsp3) is 0.684. The summed E-state index contributed by atoms with van der Waals surface area (Å²) >= 11 is 0. The van der Waals surface area contributed by atoms with Gasteiger partial charge in [0.2, 0.25) is 0 Å². The molecule has 1 aromatic carbocycles. The Labute approximate surface area is 137 Å². The van der Waals surface area contributed by atoms with Crippen LogP contribution in [0.1, 0.15) is 31.2 Å². The van der Waals surface area contributed by atoms with Crippen molar-refractivity contribution in [1.29, 1.82) is 0 Å². The highest BCUT2D eigenvalue weighted by Gasteiger charge is 2.58. The van der Waals surface area contributed by atoms with E-state index in [1.54, 1.807) is 0 Å². The molecule has 1 aromatic rings. The molecule has 4 nitrogen and oxygen atoms in total. The lowest BCUT2D eigenvalue weighted by atomic mass is 9.77. The largest absolute Gasteiger partial charge is 0.393 e. The van der Waals surface area contributed by atoms with Crippen LogP contribution >= 0.6 is 0 Å². The predicted molar refractivity (Wildman–Crippen MR) is 85.7 cm³/mol. The van der Waals surface area contributed by atoms with E-state index in [2.05, 4.69) is 12.1 Å². The molecule has 1 saturated heterocycles. The van der Waals surface area contributed by atoms with Gasteiger partial charge in [-0.15, -0.1) is 0 Å². The molecule has 0 aromatic heterocycles. The average molecular weight is 318 g/mol. The molecule has 2 aliphatic carbocycles. The first-order valence-corrected chi connectivity index (χ1v) is 8.84. The molecule has 23 heavy (non-hydrogen) atoms. The van der Waals surface area contributed by atoms with Gasteiger partial charge in [0.05, 0.1) is 32.5 Å². The van der Waals surface area contributed by atoms with Gasteiger partial charge < -0.3 is 19.3 Å². The van der Waals surface area contributed by atoms with E-state index in [1.807, 2.05) is 18.2 Å². The second-order valence-electron chi connectivity index (χ2n) is 7.21. The fourth-order valence-electron chi connectivity index (χ4n) is 4.80. The molecule has 4 rings (SSSR count). The smallest absolute Gasteiger partial charge is 0.174 e. The number of benzene rings is 1. The summed E-state index contributed by atoms with van der Waals surface area (Å²) in [5, 5.41) is 9.99. The van der Waals surface area contributed by atoms with Gasteiger partial charge in [-0.25, -0.2) is 0 Å². The van der Waals surface area contributed by atoms with E-state index < -0.39 is 5.79 Å². The molecule has 126 valence electrons. The lowest BCUT2D eigenvalue weighted by Crippen LogP contribution is -2.39. The van der Waals surface area contributed by atoms with Gasteiger partial charge in [0.1, 0.15) is 0 Å². The van der Waals surface area contributed by atoms with Gasteiger partial charge in [0, 0.05) is 12.3 Å². The number of hydrogen-bond donors (Lipinski definition) is 1. The zero-order valence-corrected chi connectivity index (χ0v) is 13.5. The third-order valence-corrected chi connectivity index (χ3v) is 5.83. The molecule has 0 amide bonds. The standard InChI is InChI=1S/C19H26O4/c20-16-6-7-17-15(10-16)11-19(22-8-9-23-19)18(17)13-21-12-14-4-2-1-3-5-14/h1-5,15-18,20H,6-13H2/t15-,16+,17+,18?/m0/s1. The van der Waals surface area contributed by atoms with Crippen LogP contribution in [0, 0.1) is 17.8 Å². The number of ether oxygens (including phenoxy) is 3. The van der Waals surface area contributed by atoms with Gasteiger partial charge in [-0.1, -0.05) is 30.3 Å². The van der Waals surface area contributed by atoms with Gasteiger partial charge in [-0.2, -0.15) is 0 Å². The summed E-state index contributed by atoms with van der Waals surface area (Å²) < 4.78 is 18.2. The Morgan fingerprint density at radius 1 is 1.13 bits per heavy atom. The summed E-state index contributed by atoms with van der Waals surface area (Å²) in [6.07, 6.45) is 3.59. The molecule has 1 heterocycles. The number of aliphatic hydroxyl groups is 1. The lowest BCUT2D eigenvalue weighted by molar-refractivity contribution is -0.198. The van der Waals surface area contributed by atoms with E-state index in [1.165, 1.54) is 5.56 Å². The van der Waals surface area contributed by atoms with E-state index in [0.717, 1.165) is 25.7 Å². The van der Waals surface area contributed by atoms with Crippen molar-refractivity contribution in [3.8, 4) is 0 Å². The lowest BCUT2D eigenvalue weighted by Gasteiger charge is -2.34. The molecule has 1 aliphatic heterocycles. The first-order valence-electron chi connectivity index (χ1n) is 8.84. The molecule has 4 atom stereocenters. The van der Waals surface area contributed by atoms with Crippen molar-refractivity contribution in [1.82, 2.24) is 0 Å². The molecular formula is C19H26O4. The minimum Gasteiger partial charge on any atom is -0.393 e. The number of fused-ring (bicyclic) bond motifs is 1. The molecule has 1 spiro atoms. The number of hydrogen-bond acceptors (Lipinski definition) is 4. The molecular weight excluding hydrogens is 292 g/mol. The maximum Gasteiger partial charge on any atom is 0.174 e. The summed E-state index contributed by atoms with van der Waals surface area (Å²) in [4.78, 5) is 0. The molecule has 2 saturated carbocycles. The van der Waals surface area contributed by atoms with Crippen molar-refractivity contribution in [3.63, 3.8) is 0 Å². The minimum absolute atomic E-state index is 0.154. The predicted octanol–water partition coefficient (Wildman–Crippen LogP) is 2.74. The first kappa shape index (κ1) is 15.6. The number of aliphatic hydroxyl groups excluding tert-OH is 1. The summed E-state index contributed by atoms with van der Waals surface area (Å²) in [5.41, 5.74) is 1.20.